The first kappa shape index (κ1) is 15.0. The summed E-state index contributed by atoms with van der Waals surface area (Å²) in [6.07, 6.45) is 7.65. The molecule has 0 aromatic carbocycles. The van der Waals surface area contributed by atoms with E-state index in [1.807, 2.05) is 0 Å². The number of aliphatic hydroxyl groups excluding tert-OH is 1. The first-order chi connectivity index (χ1) is 10.8. The maximum absolute atomic E-state index is 12.1. The molecule has 0 radical (unpaired) electrons. The number of esters is 2. The third-order valence-corrected chi connectivity index (χ3v) is 6.08. The number of allylic oxidation sites excluding steroid dienone is 1. The molecule has 1 saturated heterocycles. The number of carbonyl (C=O) groups excluding carboxylic acids is 2. The summed E-state index contributed by atoms with van der Waals surface area (Å²) in [6, 6.07) is 0. The second-order valence-electron chi connectivity index (χ2n) is 8.59. The minimum absolute atomic E-state index is 0.0549. The Morgan fingerprint density at radius 2 is 1.43 bits per heavy atom. The summed E-state index contributed by atoms with van der Waals surface area (Å²) in [5.41, 5.74) is -0.251. The Morgan fingerprint density at radius 1 is 1.00 bits per heavy atom. The van der Waals surface area contributed by atoms with Crippen molar-refractivity contribution in [3.8, 4) is 0 Å². The fraction of sp³-hybridized carbons (Fsp3) is 0.778. The van der Waals surface area contributed by atoms with Crippen molar-refractivity contribution in [1.29, 1.82) is 0 Å². The Bertz CT molecular complexity index is 543. The van der Waals surface area contributed by atoms with Gasteiger partial charge in [0.05, 0.1) is 0 Å². The van der Waals surface area contributed by atoms with Gasteiger partial charge < -0.3 is 14.6 Å². The Balaban J connectivity index is 1.59. The van der Waals surface area contributed by atoms with Crippen molar-refractivity contribution in [1.82, 2.24) is 0 Å². The van der Waals surface area contributed by atoms with Crippen LogP contribution in [0.3, 0.4) is 0 Å². The molecule has 5 fully saturated rings. The highest BCUT2D eigenvalue weighted by Gasteiger charge is 2.52. The third kappa shape index (κ3) is 2.54. The van der Waals surface area contributed by atoms with E-state index in [9.17, 15) is 14.7 Å². The molecule has 0 aromatic rings. The molecule has 1 aliphatic heterocycles. The average Bonchev–Trinajstić information content (AvgIpc) is 2.32. The van der Waals surface area contributed by atoms with Crippen LogP contribution in [0.15, 0.2) is 11.3 Å². The van der Waals surface area contributed by atoms with Crippen molar-refractivity contribution in [3.63, 3.8) is 0 Å². The van der Waals surface area contributed by atoms with Crippen LogP contribution in [-0.2, 0) is 19.1 Å². The fourth-order valence-corrected chi connectivity index (χ4v) is 5.84. The minimum Gasteiger partial charge on any atom is -0.511 e. The van der Waals surface area contributed by atoms with Crippen molar-refractivity contribution >= 4 is 11.9 Å². The zero-order valence-corrected chi connectivity index (χ0v) is 13.8. The van der Waals surface area contributed by atoms with Crippen LogP contribution in [0.4, 0.5) is 0 Å². The van der Waals surface area contributed by atoms with Crippen LogP contribution < -0.4 is 0 Å². The smallest absolute Gasteiger partial charge is 0.352 e. The molecule has 0 atom stereocenters. The van der Waals surface area contributed by atoms with E-state index in [0.29, 0.717) is 6.42 Å². The molecule has 5 aliphatic rings. The molecule has 4 saturated carbocycles. The molecule has 1 heterocycles. The Hall–Kier alpha value is -1.52. The van der Waals surface area contributed by atoms with Gasteiger partial charge in [-0.3, -0.25) is 0 Å². The fourth-order valence-electron chi connectivity index (χ4n) is 5.84. The van der Waals surface area contributed by atoms with Gasteiger partial charge in [0.2, 0.25) is 0 Å². The topological polar surface area (TPSA) is 72.8 Å². The lowest BCUT2D eigenvalue weighted by atomic mass is 9.48. The van der Waals surface area contributed by atoms with Crippen LogP contribution >= 0.6 is 0 Å². The number of carbonyl (C=O) groups is 2. The van der Waals surface area contributed by atoms with E-state index < -0.39 is 17.7 Å². The number of cyclic esters (lactones) is 2. The van der Waals surface area contributed by atoms with Crippen LogP contribution in [0.2, 0.25) is 0 Å². The van der Waals surface area contributed by atoms with Crippen molar-refractivity contribution in [2.45, 2.75) is 64.6 Å². The summed E-state index contributed by atoms with van der Waals surface area (Å²) >= 11 is 0. The van der Waals surface area contributed by atoms with Gasteiger partial charge >= 0.3 is 11.9 Å². The van der Waals surface area contributed by atoms with Gasteiger partial charge in [-0.1, -0.05) is 0 Å². The van der Waals surface area contributed by atoms with Crippen molar-refractivity contribution < 1.29 is 24.2 Å². The highest BCUT2D eigenvalue weighted by atomic mass is 16.7. The molecule has 5 rings (SSSR count). The number of hydrogen-bond donors (Lipinski definition) is 1. The van der Waals surface area contributed by atoms with Gasteiger partial charge in [-0.2, -0.15) is 0 Å². The molecule has 4 aliphatic carbocycles. The summed E-state index contributed by atoms with van der Waals surface area (Å²) in [7, 11) is 0. The van der Waals surface area contributed by atoms with Crippen LogP contribution in [0.25, 0.3) is 0 Å². The normalized spacial score (nSPS) is 40.8. The molecule has 5 heteroatoms. The molecule has 126 valence electrons. The van der Waals surface area contributed by atoms with Crippen LogP contribution in [0, 0.1) is 23.2 Å². The van der Waals surface area contributed by atoms with Gasteiger partial charge in [0, 0.05) is 20.3 Å². The van der Waals surface area contributed by atoms with E-state index in [0.717, 1.165) is 37.0 Å². The van der Waals surface area contributed by atoms with E-state index >= 15 is 0 Å². The van der Waals surface area contributed by atoms with E-state index in [4.69, 9.17) is 9.47 Å². The zero-order chi connectivity index (χ0) is 16.4. The van der Waals surface area contributed by atoms with Gasteiger partial charge in [0.1, 0.15) is 5.76 Å². The zero-order valence-electron chi connectivity index (χ0n) is 13.8. The van der Waals surface area contributed by atoms with E-state index in [2.05, 4.69) is 0 Å². The first-order valence-electron chi connectivity index (χ1n) is 8.64. The Kier molecular flexibility index (Phi) is 3.10. The predicted octanol–water partition coefficient (Wildman–Crippen LogP) is 3.24. The molecule has 1 N–H and O–H groups in total. The van der Waals surface area contributed by atoms with Gasteiger partial charge in [0.15, 0.2) is 5.57 Å². The summed E-state index contributed by atoms with van der Waals surface area (Å²) in [5.74, 6) is -0.687. The van der Waals surface area contributed by atoms with Crippen LogP contribution in [0.5, 0.6) is 0 Å². The SMILES string of the molecule is CC1(C)OC(=O)C(=C(O)CC23CC4CC(CC(C4)C2)C3)C(=O)O1. The standard InChI is InChI=1S/C18H24O5/c1-17(2)22-15(20)14(16(21)23-17)13(19)9-18-6-10-3-11(7-18)5-12(4-10)8-18/h10-12,19H,3-9H2,1-2H3. The van der Waals surface area contributed by atoms with Gasteiger partial charge in [-0.05, 0) is 61.7 Å². The molecule has 0 unspecified atom stereocenters. The molecule has 23 heavy (non-hydrogen) atoms. The van der Waals surface area contributed by atoms with Gasteiger partial charge in [-0.25, -0.2) is 9.59 Å². The van der Waals surface area contributed by atoms with Crippen molar-refractivity contribution in [3.05, 3.63) is 11.3 Å². The lowest BCUT2D eigenvalue weighted by molar-refractivity contribution is -0.222. The minimum atomic E-state index is -1.27. The summed E-state index contributed by atoms with van der Waals surface area (Å²) in [6.45, 7) is 3.02. The van der Waals surface area contributed by atoms with Gasteiger partial charge in [0.25, 0.3) is 5.79 Å². The lowest BCUT2D eigenvalue weighted by Crippen LogP contribution is -2.47. The summed E-state index contributed by atoms with van der Waals surface area (Å²) in [5, 5.41) is 10.5. The average molecular weight is 320 g/mol. The van der Waals surface area contributed by atoms with Crippen molar-refractivity contribution in [2.24, 2.45) is 23.2 Å². The molecule has 0 amide bonds. The molecular formula is C18H24O5. The molecule has 4 bridgehead atoms. The maximum atomic E-state index is 12.1. The van der Waals surface area contributed by atoms with Crippen LogP contribution in [0.1, 0.15) is 58.8 Å². The second-order valence-corrected chi connectivity index (χ2v) is 8.59. The molecule has 0 aromatic heterocycles. The third-order valence-electron chi connectivity index (χ3n) is 6.08. The van der Waals surface area contributed by atoms with Gasteiger partial charge in [-0.15, -0.1) is 0 Å². The van der Waals surface area contributed by atoms with Crippen LogP contribution in [-0.4, -0.2) is 22.8 Å². The monoisotopic (exact) mass is 320 g/mol. The largest absolute Gasteiger partial charge is 0.511 e. The van der Waals surface area contributed by atoms with E-state index in [-0.39, 0.29) is 16.7 Å². The number of ether oxygens (including phenoxy) is 2. The maximum Gasteiger partial charge on any atom is 0.352 e. The van der Waals surface area contributed by atoms with E-state index in [1.165, 1.54) is 33.1 Å². The Morgan fingerprint density at radius 3 is 1.87 bits per heavy atom. The number of aliphatic hydroxyl groups is 1. The summed E-state index contributed by atoms with van der Waals surface area (Å²) < 4.78 is 10.2. The molecule has 0 spiro atoms. The second kappa shape index (κ2) is 4.74. The summed E-state index contributed by atoms with van der Waals surface area (Å²) in [4.78, 5) is 24.2. The molecule has 5 nitrogen and oxygen atoms in total. The highest BCUT2D eigenvalue weighted by Crippen LogP contribution is 2.62. The lowest BCUT2D eigenvalue weighted by Gasteiger charge is -2.57. The highest BCUT2D eigenvalue weighted by molar-refractivity contribution is 6.15. The predicted molar refractivity (Wildman–Crippen MR) is 81.1 cm³/mol. The number of hydrogen-bond acceptors (Lipinski definition) is 5. The quantitative estimate of drug-likeness (QED) is 0.366. The Labute approximate surface area is 136 Å². The molecular weight excluding hydrogens is 296 g/mol. The van der Waals surface area contributed by atoms with Crippen molar-refractivity contribution in [2.75, 3.05) is 0 Å². The number of rotatable bonds is 2. The first-order valence-corrected chi connectivity index (χ1v) is 8.64. The van der Waals surface area contributed by atoms with E-state index in [1.54, 1.807) is 0 Å².